The first-order chi connectivity index (χ1) is 9.92. The lowest BCUT2D eigenvalue weighted by atomic mass is 10.2. The van der Waals surface area contributed by atoms with Gasteiger partial charge in [0.2, 0.25) is 5.88 Å². The summed E-state index contributed by atoms with van der Waals surface area (Å²) in [5, 5.41) is 3.64. The van der Waals surface area contributed by atoms with E-state index in [1.165, 1.54) is 23.6 Å². The minimum absolute atomic E-state index is 0. The van der Waals surface area contributed by atoms with Crippen LogP contribution in [0.2, 0.25) is 0 Å². The number of ether oxygens (including phenoxy) is 1. The molecule has 10 heteroatoms. The van der Waals surface area contributed by atoms with Gasteiger partial charge in [-0.3, -0.25) is 0 Å². The number of pyridine rings is 1. The second-order valence-corrected chi connectivity index (χ2v) is 5.32. The van der Waals surface area contributed by atoms with Gasteiger partial charge < -0.3 is 15.8 Å². The highest BCUT2D eigenvalue weighted by molar-refractivity contribution is 7.15. The number of anilines is 1. The number of hydrogen-bond acceptors (Lipinski definition) is 6. The molecule has 0 aliphatic rings. The third kappa shape index (κ3) is 6.46. The van der Waals surface area contributed by atoms with Gasteiger partial charge in [-0.1, -0.05) is 0 Å². The van der Waals surface area contributed by atoms with Crippen LogP contribution in [0.3, 0.4) is 0 Å². The van der Waals surface area contributed by atoms with Gasteiger partial charge in [0.05, 0.1) is 0 Å². The number of hydrogen-bond donors (Lipinski definition) is 2. The Labute approximate surface area is 135 Å². The number of nitrogens with two attached hydrogens (primary N) is 1. The van der Waals surface area contributed by atoms with Crippen molar-refractivity contribution >= 4 is 28.9 Å². The minimum Gasteiger partial charge on any atom is -0.468 e. The van der Waals surface area contributed by atoms with E-state index >= 15 is 0 Å². The number of halogens is 4. The molecule has 0 aliphatic carbocycles. The second kappa shape index (κ2) is 8.16. The Balaban J connectivity index is 0.00000242. The van der Waals surface area contributed by atoms with E-state index in [2.05, 4.69) is 20.0 Å². The highest BCUT2D eigenvalue weighted by Gasteiger charge is 2.28. The predicted molar refractivity (Wildman–Crippen MR) is 80.1 cm³/mol. The van der Waals surface area contributed by atoms with Gasteiger partial charge in [-0.05, 0) is 11.6 Å². The highest BCUT2D eigenvalue weighted by atomic mass is 35.5. The quantitative estimate of drug-likeness (QED) is 0.834. The van der Waals surface area contributed by atoms with Crippen LogP contribution < -0.4 is 15.8 Å². The van der Waals surface area contributed by atoms with Crippen LogP contribution in [0.1, 0.15) is 10.4 Å². The molecule has 0 fully saturated rings. The predicted octanol–water partition coefficient (Wildman–Crippen LogP) is 2.77. The maximum atomic E-state index is 12.1. The van der Waals surface area contributed by atoms with Gasteiger partial charge in [0.25, 0.3) is 0 Å². The fourth-order valence-electron chi connectivity index (χ4n) is 1.53. The largest absolute Gasteiger partial charge is 0.468 e. The summed E-state index contributed by atoms with van der Waals surface area (Å²) in [6.45, 7) is -0.296. The Morgan fingerprint density at radius 1 is 1.27 bits per heavy atom. The van der Waals surface area contributed by atoms with Crippen molar-refractivity contribution in [3.8, 4) is 5.88 Å². The molecule has 0 saturated heterocycles. The van der Waals surface area contributed by atoms with Crippen molar-refractivity contribution in [1.29, 1.82) is 0 Å². The highest BCUT2D eigenvalue weighted by Crippen LogP contribution is 2.18. The zero-order chi connectivity index (χ0) is 15.3. The third-order valence-electron chi connectivity index (χ3n) is 2.38. The van der Waals surface area contributed by atoms with Crippen molar-refractivity contribution in [3.05, 3.63) is 35.0 Å². The molecule has 2 aromatic heterocycles. The molecule has 0 unspecified atom stereocenters. The number of alkyl halides is 3. The van der Waals surface area contributed by atoms with Gasteiger partial charge in [0, 0.05) is 36.4 Å². The van der Waals surface area contributed by atoms with Crippen LogP contribution in [0.5, 0.6) is 5.88 Å². The number of nitrogens with one attached hydrogen (secondary N) is 1. The van der Waals surface area contributed by atoms with Gasteiger partial charge in [-0.2, -0.15) is 13.2 Å². The molecule has 22 heavy (non-hydrogen) atoms. The zero-order valence-electron chi connectivity index (χ0n) is 11.3. The molecule has 3 N–H and O–H groups in total. The van der Waals surface area contributed by atoms with E-state index in [1.54, 1.807) is 12.3 Å². The molecular weight excluding hydrogens is 341 g/mol. The molecule has 0 aromatic carbocycles. The van der Waals surface area contributed by atoms with E-state index in [4.69, 9.17) is 5.73 Å². The summed E-state index contributed by atoms with van der Waals surface area (Å²) in [7, 11) is 0. The molecule has 2 aromatic rings. The third-order valence-corrected chi connectivity index (χ3v) is 3.21. The molecular formula is C12H14ClF3N4OS. The number of thiazole rings is 1. The Bertz CT molecular complexity index is 594. The monoisotopic (exact) mass is 354 g/mol. The Kier molecular flexibility index (Phi) is 6.85. The standard InChI is InChI=1S/C12H13F3N4OS.ClH/c13-12(14,15)7-20-10-3-8(1-2-18-10)4-17-5-9-6-19-11(16)21-9;/h1-3,6,17H,4-5,7H2,(H2,16,19);1H. The van der Waals surface area contributed by atoms with E-state index in [-0.39, 0.29) is 18.3 Å². The normalized spacial score (nSPS) is 11.0. The van der Waals surface area contributed by atoms with E-state index < -0.39 is 12.8 Å². The lowest BCUT2D eigenvalue weighted by Gasteiger charge is -2.09. The molecule has 122 valence electrons. The van der Waals surface area contributed by atoms with E-state index in [0.29, 0.717) is 18.2 Å². The fourth-order valence-corrected chi connectivity index (χ4v) is 2.18. The number of rotatable bonds is 6. The summed E-state index contributed by atoms with van der Waals surface area (Å²) < 4.78 is 40.8. The molecule has 2 heterocycles. The molecule has 0 amide bonds. The first kappa shape index (κ1) is 18.5. The average Bonchev–Trinajstić information content (AvgIpc) is 2.82. The van der Waals surface area contributed by atoms with Crippen LogP contribution in [-0.4, -0.2) is 22.8 Å². The van der Waals surface area contributed by atoms with Gasteiger partial charge in [-0.15, -0.1) is 23.7 Å². The lowest BCUT2D eigenvalue weighted by molar-refractivity contribution is -0.154. The number of nitrogens with zero attached hydrogens (tertiary/aromatic N) is 2. The average molecular weight is 355 g/mol. The molecule has 0 bridgehead atoms. The first-order valence-corrected chi connectivity index (χ1v) is 6.79. The van der Waals surface area contributed by atoms with E-state index in [1.807, 2.05) is 0 Å². The van der Waals surface area contributed by atoms with Gasteiger partial charge in [-0.25, -0.2) is 9.97 Å². The zero-order valence-corrected chi connectivity index (χ0v) is 12.9. The van der Waals surface area contributed by atoms with Crippen LogP contribution in [0.4, 0.5) is 18.3 Å². The Morgan fingerprint density at radius 3 is 2.68 bits per heavy atom. The van der Waals surface area contributed by atoms with Crippen LogP contribution in [0, 0.1) is 0 Å². The Hall–Kier alpha value is -1.58. The van der Waals surface area contributed by atoms with Crippen molar-refractivity contribution < 1.29 is 17.9 Å². The molecule has 0 saturated carbocycles. The summed E-state index contributed by atoms with van der Waals surface area (Å²) in [6, 6.07) is 3.17. The first-order valence-electron chi connectivity index (χ1n) is 5.98. The molecule has 2 rings (SSSR count). The van der Waals surface area contributed by atoms with Crippen molar-refractivity contribution in [2.75, 3.05) is 12.3 Å². The SMILES string of the molecule is Cl.Nc1ncc(CNCc2ccnc(OCC(F)(F)F)c2)s1. The maximum Gasteiger partial charge on any atom is 0.422 e. The summed E-state index contributed by atoms with van der Waals surface area (Å²) in [5.74, 6) is -0.0475. The molecule has 0 spiro atoms. The van der Waals surface area contributed by atoms with Gasteiger partial charge in [0.1, 0.15) is 0 Å². The maximum absolute atomic E-state index is 12.1. The van der Waals surface area contributed by atoms with Crippen molar-refractivity contribution in [2.45, 2.75) is 19.3 Å². The molecule has 5 nitrogen and oxygen atoms in total. The van der Waals surface area contributed by atoms with E-state index in [0.717, 1.165) is 10.4 Å². The summed E-state index contributed by atoms with van der Waals surface area (Å²) in [5.41, 5.74) is 6.29. The van der Waals surface area contributed by atoms with Crippen LogP contribution in [0.15, 0.2) is 24.5 Å². The van der Waals surface area contributed by atoms with Crippen LogP contribution in [-0.2, 0) is 13.1 Å². The molecule has 0 radical (unpaired) electrons. The van der Waals surface area contributed by atoms with Gasteiger partial charge in [0.15, 0.2) is 11.7 Å². The Morgan fingerprint density at radius 2 is 2.05 bits per heavy atom. The van der Waals surface area contributed by atoms with Crippen molar-refractivity contribution in [1.82, 2.24) is 15.3 Å². The fraction of sp³-hybridized carbons (Fsp3) is 0.333. The molecule has 0 atom stereocenters. The van der Waals surface area contributed by atoms with Crippen LogP contribution in [0.25, 0.3) is 0 Å². The van der Waals surface area contributed by atoms with Crippen molar-refractivity contribution in [3.63, 3.8) is 0 Å². The smallest absolute Gasteiger partial charge is 0.422 e. The van der Waals surface area contributed by atoms with Gasteiger partial charge >= 0.3 is 6.18 Å². The second-order valence-electron chi connectivity index (χ2n) is 4.17. The lowest BCUT2D eigenvalue weighted by Crippen LogP contribution is -2.19. The minimum atomic E-state index is -4.37. The summed E-state index contributed by atoms with van der Waals surface area (Å²) in [4.78, 5) is 8.64. The van der Waals surface area contributed by atoms with Crippen molar-refractivity contribution in [2.24, 2.45) is 0 Å². The topological polar surface area (TPSA) is 73.1 Å². The van der Waals surface area contributed by atoms with E-state index in [9.17, 15) is 13.2 Å². The summed E-state index contributed by atoms with van der Waals surface area (Å²) >= 11 is 1.38. The number of aromatic nitrogens is 2. The summed E-state index contributed by atoms with van der Waals surface area (Å²) in [6.07, 6.45) is -1.28. The molecule has 0 aliphatic heterocycles. The number of nitrogen functional groups attached to an aromatic ring is 1. The van der Waals surface area contributed by atoms with Crippen LogP contribution >= 0.6 is 23.7 Å².